The van der Waals surface area contributed by atoms with Gasteiger partial charge in [0.25, 0.3) is 0 Å². The van der Waals surface area contributed by atoms with Crippen LogP contribution in [0.25, 0.3) is 0 Å². The van der Waals surface area contributed by atoms with Crippen molar-refractivity contribution in [2.24, 2.45) is 5.73 Å². The molecule has 0 aromatic heterocycles. The number of carbonyl (C=O) groups excluding carboxylic acids is 1. The van der Waals surface area contributed by atoms with Crippen LogP contribution >= 0.6 is 23.2 Å². The van der Waals surface area contributed by atoms with Crippen LogP contribution in [0.1, 0.15) is 72.5 Å². The van der Waals surface area contributed by atoms with Crippen molar-refractivity contribution >= 4 is 29.2 Å². The summed E-state index contributed by atoms with van der Waals surface area (Å²) in [7, 11) is 0. The third-order valence-electron chi connectivity index (χ3n) is 6.32. The zero-order chi connectivity index (χ0) is 27.4. The van der Waals surface area contributed by atoms with Crippen molar-refractivity contribution in [2.45, 2.75) is 45.4 Å². The van der Waals surface area contributed by atoms with Crippen molar-refractivity contribution in [1.82, 2.24) is 0 Å². The first kappa shape index (κ1) is 27.4. The van der Waals surface area contributed by atoms with Crippen molar-refractivity contribution in [2.75, 3.05) is 6.61 Å². The van der Waals surface area contributed by atoms with Crippen molar-refractivity contribution in [3.63, 3.8) is 0 Å². The third kappa shape index (κ3) is 5.75. The lowest BCUT2D eigenvalue weighted by molar-refractivity contribution is 0.0734. The van der Waals surface area contributed by atoms with Crippen LogP contribution in [-0.2, 0) is 0 Å². The topological polar surface area (TPSA) is 94.6 Å². The second kappa shape index (κ2) is 11.8. The Morgan fingerprint density at radius 3 is 2.39 bits per heavy atom. The number of nitrogens with zero attached hydrogens (tertiary/aromatic N) is 1. The van der Waals surface area contributed by atoms with Gasteiger partial charge in [-0.25, -0.2) is 4.79 Å². The SMILES string of the molecule is CCCCOc1c(Cl)cc(C(=O)Oc2ccc3c(c2)OC(N)=C(C#N)C3c2ccc(C(C)C)cc2)cc1Cl. The first-order chi connectivity index (χ1) is 18.2. The lowest BCUT2D eigenvalue weighted by Crippen LogP contribution is -2.21. The Kier molecular flexibility index (Phi) is 8.51. The smallest absolute Gasteiger partial charge is 0.343 e. The molecule has 0 aliphatic carbocycles. The fraction of sp³-hybridized carbons (Fsp3) is 0.267. The molecule has 1 aliphatic rings. The Bertz CT molecular complexity index is 1400. The van der Waals surface area contributed by atoms with Gasteiger partial charge in [0.2, 0.25) is 5.88 Å². The number of esters is 1. The summed E-state index contributed by atoms with van der Waals surface area (Å²) in [4.78, 5) is 12.9. The predicted molar refractivity (Wildman–Crippen MR) is 148 cm³/mol. The van der Waals surface area contributed by atoms with Crippen LogP contribution < -0.4 is 19.9 Å². The molecule has 0 bridgehead atoms. The van der Waals surface area contributed by atoms with Gasteiger partial charge in [-0.05, 0) is 41.7 Å². The maximum atomic E-state index is 12.9. The number of benzene rings is 3. The Morgan fingerprint density at radius 2 is 1.79 bits per heavy atom. The van der Waals surface area contributed by atoms with E-state index in [2.05, 4.69) is 26.8 Å². The number of halogens is 2. The number of hydrogen-bond acceptors (Lipinski definition) is 6. The molecular formula is C30H28Cl2N2O4. The number of nitrogens with two attached hydrogens (primary N) is 1. The van der Waals surface area contributed by atoms with Crippen LogP contribution in [0.3, 0.4) is 0 Å². The minimum atomic E-state index is -0.647. The normalized spacial score (nSPS) is 14.5. The van der Waals surface area contributed by atoms with E-state index in [0.717, 1.165) is 24.0 Å². The fourth-order valence-electron chi connectivity index (χ4n) is 4.22. The van der Waals surface area contributed by atoms with E-state index in [1.807, 2.05) is 24.3 Å². The maximum Gasteiger partial charge on any atom is 0.343 e. The fourth-order valence-corrected chi connectivity index (χ4v) is 4.81. The average Bonchev–Trinajstić information content (AvgIpc) is 2.89. The summed E-state index contributed by atoms with van der Waals surface area (Å²) in [5.41, 5.74) is 9.48. The first-order valence-corrected chi connectivity index (χ1v) is 13.1. The molecule has 1 heterocycles. The van der Waals surface area contributed by atoms with Crippen LogP contribution in [-0.4, -0.2) is 12.6 Å². The van der Waals surface area contributed by atoms with Gasteiger partial charge >= 0.3 is 5.97 Å². The molecular weight excluding hydrogens is 523 g/mol. The zero-order valence-electron chi connectivity index (χ0n) is 21.4. The van der Waals surface area contributed by atoms with Crippen LogP contribution in [0.15, 0.2) is 66.1 Å². The summed E-state index contributed by atoms with van der Waals surface area (Å²) in [6.07, 6.45) is 1.82. The highest BCUT2D eigenvalue weighted by atomic mass is 35.5. The molecule has 0 spiro atoms. The first-order valence-electron chi connectivity index (χ1n) is 12.4. The Balaban J connectivity index is 1.60. The summed E-state index contributed by atoms with van der Waals surface area (Å²) >= 11 is 12.6. The van der Waals surface area contributed by atoms with E-state index < -0.39 is 11.9 Å². The molecule has 0 amide bonds. The number of rotatable bonds is 8. The molecule has 1 atom stereocenters. The molecule has 0 saturated heterocycles. The van der Waals surface area contributed by atoms with Gasteiger partial charge in [0, 0.05) is 11.6 Å². The van der Waals surface area contributed by atoms with E-state index in [-0.39, 0.29) is 27.2 Å². The molecule has 8 heteroatoms. The van der Waals surface area contributed by atoms with Gasteiger partial charge < -0.3 is 19.9 Å². The Morgan fingerprint density at radius 1 is 1.11 bits per heavy atom. The van der Waals surface area contributed by atoms with E-state index in [1.165, 1.54) is 17.7 Å². The van der Waals surface area contributed by atoms with E-state index in [4.69, 9.17) is 43.1 Å². The number of carbonyl (C=O) groups is 1. The van der Waals surface area contributed by atoms with E-state index in [0.29, 0.717) is 29.6 Å². The van der Waals surface area contributed by atoms with Crippen LogP contribution in [0.5, 0.6) is 17.2 Å². The standard InChI is InChI=1S/C30H28Cl2N2O4/c1-4-5-12-36-28-24(31)13-20(14-25(28)32)30(35)37-21-10-11-22-26(15-21)38-29(34)23(16-33)27(22)19-8-6-18(7-9-19)17(2)3/h6-11,13-15,17,27H,4-5,12,34H2,1-3H3. The molecule has 0 saturated carbocycles. The molecule has 4 rings (SSSR count). The third-order valence-corrected chi connectivity index (χ3v) is 6.88. The number of unbranched alkanes of at least 4 members (excludes halogenated alkanes) is 1. The summed E-state index contributed by atoms with van der Waals surface area (Å²) in [6, 6.07) is 18.2. The second-order valence-corrected chi connectivity index (χ2v) is 10.1. The highest BCUT2D eigenvalue weighted by molar-refractivity contribution is 6.37. The van der Waals surface area contributed by atoms with Gasteiger partial charge in [0.15, 0.2) is 5.75 Å². The number of ether oxygens (including phenoxy) is 3. The molecule has 6 nitrogen and oxygen atoms in total. The number of hydrogen-bond donors (Lipinski definition) is 1. The highest BCUT2D eigenvalue weighted by Gasteiger charge is 2.31. The van der Waals surface area contributed by atoms with Gasteiger partial charge in [-0.1, -0.05) is 80.7 Å². The molecule has 3 aromatic carbocycles. The Labute approximate surface area is 232 Å². The lowest BCUT2D eigenvalue weighted by atomic mass is 9.83. The predicted octanol–water partition coefficient (Wildman–Crippen LogP) is 7.73. The number of fused-ring (bicyclic) bond motifs is 1. The van der Waals surface area contributed by atoms with Crippen molar-refractivity contribution in [1.29, 1.82) is 5.26 Å². The van der Waals surface area contributed by atoms with Crippen molar-refractivity contribution in [3.05, 3.63) is 98.4 Å². The van der Waals surface area contributed by atoms with Gasteiger partial charge in [-0.2, -0.15) is 5.26 Å². The largest absolute Gasteiger partial charge is 0.490 e. The van der Waals surface area contributed by atoms with Crippen LogP contribution in [0.4, 0.5) is 0 Å². The van der Waals surface area contributed by atoms with Crippen molar-refractivity contribution < 1.29 is 19.0 Å². The minimum Gasteiger partial charge on any atom is -0.490 e. The van der Waals surface area contributed by atoms with Crippen molar-refractivity contribution in [3.8, 4) is 23.3 Å². The molecule has 2 N–H and O–H groups in total. The molecule has 3 aromatic rings. The van der Waals surface area contributed by atoms with Gasteiger partial charge in [0.1, 0.15) is 23.1 Å². The lowest BCUT2D eigenvalue weighted by Gasteiger charge is -2.27. The molecule has 38 heavy (non-hydrogen) atoms. The molecule has 1 unspecified atom stereocenters. The average molecular weight is 551 g/mol. The molecule has 1 aliphatic heterocycles. The Hall–Kier alpha value is -3.66. The molecule has 0 radical (unpaired) electrons. The molecule has 0 fully saturated rings. The minimum absolute atomic E-state index is 0.0126. The maximum absolute atomic E-state index is 12.9. The highest BCUT2D eigenvalue weighted by Crippen LogP contribution is 2.44. The summed E-state index contributed by atoms with van der Waals surface area (Å²) in [5.74, 6) is 0.321. The number of allylic oxidation sites excluding steroid dienone is 1. The monoisotopic (exact) mass is 550 g/mol. The van der Waals surface area contributed by atoms with Gasteiger partial charge in [-0.3, -0.25) is 0 Å². The summed E-state index contributed by atoms with van der Waals surface area (Å²) in [5, 5.41) is 10.3. The van der Waals surface area contributed by atoms with E-state index in [9.17, 15) is 10.1 Å². The zero-order valence-corrected chi connectivity index (χ0v) is 22.9. The van der Waals surface area contributed by atoms with Crippen LogP contribution in [0, 0.1) is 11.3 Å². The molecule has 196 valence electrons. The quantitative estimate of drug-likeness (QED) is 0.175. The van der Waals surface area contributed by atoms with Crippen LogP contribution in [0.2, 0.25) is 10.0 Å². The van der Waals surface area contributed by atoms with E-state index in [1.54, 1.807) is 18.2 Å². The van der Waals surface area contributed by atoms with Gasteiger partial charge in [0.05, 0.1) is 28.1 Å². The second-order valence-electron chi connectivity index (χ2n) is 9.31. The number of nitriles is 1. The van der Waals surface area contributed by atoms with Gasteiger partial charge in [-0.15, -0.1) is 0 Å². The van der Waals surface area contributed by atoms with E-state index >= 15 is 0 Å². The summed E-state index contributed by atoms with van der Waals surface area (Å²) in [6.45, 7) is 6.77. The summed E-state index contributed by atoms with van der Waals surface area (Å²) < 4.78 is 17.0.